The number of hydrogen-bond donors (Lipinski definition) is 1. The second-order valence-electron chi connectivity index (χ2n) is 9.34. The third-order valence-corrected chi connectivity index (χ3v) is 7.04. The molecule has 2 aliphatic heterocycles. The summed E-state index contributed by atoms with van der Waals surface area (Å²) in [6.07, 6.45) is 2.18. The first-order chi connectivity index (χ1) is 17.7. The number of carbonyl (C=O) groups excluding carboxylic acids is 2. The molecule has 5 nitrogen and oxygen atoms in total. The smallest absolute Gasteiger partial charge is 0.242 e. The van der Waals surface area contributed by atoms with Crippen molar-refractivity contribution >= 4 is 17.5 Å². The highest BCUT2D eigenvalue weighted by molar-refractivity contribution is 6.11. The quantitative estimate of drug-likeness (QED) is 0.279. The monoisotopic (exact) mass is 478 g/mol. The number of rotatable bonds is 8. The molecule has 5 heteroatoms. The first-order valence-electron chi connectivity index (χ1n) is 12.5. The van der Waals surface area contributed by atoms with Crippen molar-refractivity contribution in [2.45, 2.75) is 50.3 Å². The number of imide groups is 1. The largest absolute Gasteiger partial charge is 0.381 e. The van der Waals surface area contributed by atoms with Gasteiger partial charge in [0.25, 0.3) is 0 Å². The van der Waals surface area contributed by atoms with Gasteiger partial charge in [-0.3, -0.25) is 14.5 Å². The molecule has 0 saturated carbocycles. The molecule has 2 aliphatic rings. The number of amides is 2. The summed E-state index contributed by atoms with van der Waals surface area (Å²) in [4.78, 5) is 28.4. The first kappa shape index (κ1) is 23.8. The summed E-state index contributed by atoms with van der Waals surface area (Å²) in [6, 6.07) is 27.5. The lowest BCUT2D eigenvalue weighted by atomic mass is 9.73. The number of para-hydroxylation sites is 1. The highest BCUT2D eigenvalue weighted by Gasteiger charge is 2.60. The number of ether oxygens (including phenoxy) is 1. The van der Waals surface area contributed by atoms with Gasteiger partial charge >= 0.3 is 0 Å². The molecule has 0 aliphatic carbocycles. The van der Waals surface area contributed by atoms with Gasteiger partial charge in [-0.25, -0.2) is 0 Å². The molecule has 0 aromatic heterocycles. The van der Waals surface area contributed by atoms with Crippen molar-refractivity contribution in [1.29, 1.82) is 0 Å². The minimum Gasteiger partial charge on any atom is -0.381 e. The Hall–Kier alpha value is -3.88. The van der Waals surface area contributed by atoms with E-state index < -0.39 is 5.41 Å². The Morgan fingerprint density at radius 3 is 2.31 bits per heavy atom. The fraction of sp³-hybridized carbons (Fsp3) is 0.290. The van der Waals surface area contributed by atoms with Crippen molar-refractivity contribution < 1.29 is 14.3 Å². The van der Waals surface area contributed by atoms with E-state index in [-0.39, 0.29) is 24.3 Å². The number of hydrogen-bond acceptors (Lipinski definition) is 4. The molecule has 2 atom stereocenters. The van der Waals surface area contributed by atoms with Crippen LogP contribution in [0.4, 0.5) is 5.69 Å². The van der Waals surface area contributed by atoms with E-state index in [1.54, 1.807) is 0 Å². The van der Waals surface area contributed by atoms with Crippen LogP contribution in [-0.4, -0.2) is 29.4 Å². The zero-order chi connectivity index (χ0) is 24.8. The van der Waals surface area contributed by atoms with Gasteiger partial charge in [0.15, 0.2) is 0 Å². The lowest BCUT2D eigenvalue weighted by Gasteiger charge is -2.29. The summed E-state index contributed by atoms with van der Waals surface area (Å²) in [6.45, 7) is 1.48. The van der Waals surface area contributed by atoms with Crippen LogP contribution in [0.5, 0.6) is 0 Å². The summed E-state index contributed by atoms with van der Waals surface area (Å²) in [5, 5.41) is 3.54. The molecule has 1 spiro atoms. The minimum atomic E-state index is -0.872. The van der Waals surface area contributed by atoms with E-state index in [0.717, 1.165) is 22.4 Å². The van der Waals surface area contributed by atoms with E-state index in [4.69, 9.17) is 4.74 Å². The molecule has 0 unspecified atom stereocenters. The van der Waals surface area contributed by atoms with Crippen LogP contribution in [0.2, 0.25) is 0 Å². The zero-order valence-electron chi connectivity index (χ0n) is 20.3. The Balaban J connectivity index is 1.23. The van der Waals surface area contributed by atoms with Gasteiger partial charge in [0.2, 0.25) is 11.8 Å². The molecule has 182 valence electrons. The van der Waals surface area contributed by atoms with E-state index in [1.165, 1.54) is 4.90 Å². The van der Waals surface area contributed by atoms with E-state index in [0.29, 0.717) is 39.0 Å². The Morgan fingerprint density at radius 1 is 0.861 bits per heavy atom. The van der Waals surface area contributed by atoms with Crippen LogP contribution in [0.15, 0.2) is 84.9 Å². The van der Waals surface area contributed by atoms with Crippen molar-refractivity contribution in [3.8, 4) is 11.8 Å². The predicted molar refractivity (Wildman–Crippen MR) is 140 cm³/mol. The van der Waals surface area contributed by atoms with Gasteiger partial charge in [0, 0.05) is 31.0 Å². The molecule has 2 amide bonds. The number of nitrogens with one attached hydrogen (secondary N) is 1. The summed E-state index contributed by atoms with van der Waals surface area (Å²) < 4.78 is 5.70. The average molecular weight is 479 g/mol. The van der Waals surface area contributed by atoms with Gasteiger partial charge in [0.1, 0.15) is 5.41 Å². The van der Waals surface area contributed by atoms with Crippen LogP contribution in [0.1, 0.15) is 42.4 Å². The highest BCUT2D eigenvalue weighted by atomic mass is 16.5. The Morgan fingerprint density at radius 2 is 1.53 bits per heavy atom. The number of carbonyl (C=O) groups is 2. The maximum Gasteiger partial charge on any atom is 0.242 e. The molecule has 3 aromatic carbocycles. The second-order valence-corrected chi connectivity index (χ2v) is 9.34. The summed E-state index contributed by atoms with van der Waals surface area (Å²) in [5.41, 5.74) is 3.09. The number of anilines is 1. The summed E-state index contributed by atoms with van der Waals surface area (Å²) in [7, 11) is 0. The van der Waals surface area contributed by atoms with Crippen LogP contribution < -0.4 is 5.32 Å². The molecule has 3 aromatic rings. The van der Waals surface area contributed by atoms with Crippen LogP contribution in [0.3, 0.4) is 0 Å². The van der Waals surface area contributed by atoms with Crippen LogP contribution in [0.25, 0.3) is 0 Å². The highest BCUT2D eigenvalue weighted by Crippen LogP contribution is 2.49. The van der Waals surface area contributed by atoms with Crippen LogP contribution in [-0.2, 0) is 32.9 Å². The molecule has 1 fully saturated rings. The molecule has 0 radical (unpaired) electrons. The van der Waals surface area contributed by atoms with Crippen molar-refractivity contribution in [1.82, 2.24) is 4.90 Å². The number of likely N-dealkylation sites (tertiary alicyclic amines) is 1. The van der Waals surface area contributed by atoms with E-state index in [2.05, 4.69) is 17.2 Å². The Bertz CT molecular complexity index is 1280. The van der Waals surface area contributed by atoms with Crippen molar-refractivity contribution in [2.24, 2.45) is 0 Å². The van der Waals surface area contributed by atoms with Gasteiger partial charge in [-0.15, -0.1) is 11.8 Å². The van der Waals surface area contributed by atoms with Gasteiger partial charge < -0.3 is 10.1 Å². The molecule has 5 rings (SSSR count). The second kappa shape index (κ2) is 10.8. The van der Waals surface area contributed by atoms with E-state index in [9.17, 15) is 9.59 Å². The minimum absolute atomic E-state index is 0.110. The summed E-state index contributed by atoms with van der Waals surface area (Å²) in [5.74, 6) is 6.21. The van der Waals surface area contributed by atoms with Gasteiger partial charge in [-0.05, 0) is 29.2 Å². The molecular weight excluding hydrogens is 448 g/mol. The SMILES string of the molecule is O=C1C[C@@]2(C(=O)N1Cc1ccccc1)c1ccccc1N[C@@H]2CCC#CCCOCc1ccccc1. The number of nitrogens with zero attached hydrogens (tertiary/aromatic N) is 1. The maximum atomic E-state index is 13.9. The molecule has 1 N–H and O–H groups in total. The lowest BCUT2D eigenvalue weighted by molar-refractivity contribution is -0.140. The van der Waals surface area contributed by atoms with Gasteiger partial charge in [0.05, 0.1) is 19.8 Å². The average Bonchev–Trinajstić information content (AvgIpc) is 3.36. The molecule has 0 bridgehead atoms. The molecular formula is C31H30N2O3. The van der Waals surface area contributed by atoms with Gasteiger partial charge in [-0.1, -0.05) is 78.9 Å². The van der Waals surface area contributed by atoms with Gasteiger partial charge in [-0.2, -0.15) is 0 Å². The number of benzene rings is 3. The van der Waals surface area contributed by atoms with Crippen molar-refractivity contribution in [3.63, 3.8) is 0 Å². The third kappa shape index (κ3) is 4.78. The Labute approximate surface area is 212 Å². The van der Waals surface area contributed by atoms with Crippen LogP contribution in [0, 0.1) is 11.8 Å². The fourth-order valence-electron chi connectivity index (χ4n) is 5.27. The zero-order valence-corrected chi connectivity index (χ0v) is 20.3. The van der Waals surface area contributed by atoms with Crippen molar-refractivity contribution in [2.75, 3.05) is 11.9 Å². The molecule has 2 heterocycles. The standard InChI is InChI=1S/C31H30N2O3/c34-29-21-31(30(35)33(29)22-24-13-5-3-6-14-24)26-17-10-11-18-27(26)32-28(31)19-9-1-2-12-20-36-23-25-15-7-4-8-16-25/h3-8,10-11,13-18,28,32H,9,12,19-23H2/t28-,31-/m1/s1. The fourth-order valence-corrected chi connectivity index (χ4v) is 5.27. The number of fused-ring (bicyclic) bond motifs is 2. The van der Waals surface area contributed by atoms with Crippen molar-refractivity contribution in [3.05, 3.63) is 102 Å². The normalized spacial score (nSPS) is 20.2. The summed E-state index contributed by atoms with van der Waals surface area (Å²) >= 11 is 0. The molecule has 1 saturated heterocycles. The first-order valence-corrected chi connectivity index (χ1v) is 12.5. The lowest BCUT2D eigenvalue weighted by Crippen LogP contribution is -2.46. The Kier molecular flexibility index (Phi) is 7.16. The maximum absolute atomic E-state index is 13.9. The molecule has 36 heavy (non-hydrogen) atoms. The van der Waals surface area contributed by atoms with E-state index in [1.807, 2.05) is 84.9 Å². The third-order valence-electron chi connectivity index (χ3n) is 7.04. The topological polar surface area (TPSA) is 58.6 Å². The predicted octanol–water partition coefficient (Wildman–Crippen LogP) is 5.07. The van der Waals surface area contributed by atoms with E-state index >= 15 is 0 Å². The van der Waals surface area contributed by atoms with Crippen LogP contribution >= 0.6 is 0 Å².